The summed E-state index contributed by atoms with van der Waals surface area (Å²) in [6.07, 6.45) is 0.231. The Bertz CT molecular complexity index is 1350. The molecule has 0 bridgehead atoms. The Hall–Kier alpha value is -3.90. The van der Waals surface area contributed by atoms with Crippen LogP contribution in [0.1, 0.15) is 22.3 Å². The Kier molecular flexibility index (Phi) is 7.86. The van der Waals surface area contributed by atoms with Crippen molar-refractivity contribution in [2.75, 3.05) is 11.4 Å². The zero-order valence-corrected chi connectivity index (χ0v) is 21.4. The lowest BCUT2D eigenvalue weighted by Gasteiger charge is -2.24. The average molecular weight is 499 g/mol. The minimum atomic E-state index is -3.67. The van der Waals surface area contributed by atoms with Crippen molar-refractivity contribution in [1.29, 1.82) is 0 Å². The summed E-state index contributed by atoms with van der Waals surface area (Å²) < 4.78 is 27.3. The van der Waals surface area contributed by atoms with Gasteiger partial charge in [-0.15, -0.1) is 0 Å². The van der Waals surface area contributed by atoms with Crippen LogP contribution >= 0.6 is 0 Å². The Morgan fingerprint density at radius 2 is 1.17 bits per heavy atom. The molecule has 36 heavy (non-hydrogen) atoms. The molecule has 1 amide bonds. The van der Waals surface area contributed by atoms with Crippen LogP contribution in [0.4, 0.5) is 5.69 Å². The van der Waals surface area contributed by atoms with E-state index in [9.17, 15) is 13.2 Å². The van der Waals surface area contributed by atoms with Crippen molar-refractivity contribution in [3.05, 3.63) is 131 Å². The van der Waals surface area contributed by atoms with Crippen molar-refractivity contribution >= 4 is 21.6 Å². The molecule has 0 aliphatic carbocycles. The molecular weight excluding hydrogens is 468 g/mol. The lowest BCUT2D eigenvalue weighted by atomic mass is 10.1. The normalized spacial score (nSPS) is 11.2. The van der Waals surface area contributed by atoms with Gasteiger partial charge in [0, 0.05) is 20.1 Å². The number of rotatable bonds is 9. The van der Waals surface area contributed by atoms with E-state index in [4.69, 9.17) is 0 Å². The van der Waals surface area contributed by atoms with E-state index >= 15 is 0 Å². The number of nitrogens with zero attached hydrogens (tertiary/aromatic N) is 2. The summed E-state index contributed by atoms with van der Waals surface area (Å²) in [6, 6.07) is 33.8. The molecule has 4 aromatic carbocycles. The van der Waals surface area contributed by atoms with Gasteiger partial charge in [-0.2, -0.15) is 0 Å². The fourth-order valence-corrected chi connectivity index (χ4v) is 5.15. The molecule has 4 rings (SSSR count). The topological polar surface area (TPSA) is 57.7 Å². The number of amides is 1. The first-order chi connectivity index (χ1) is 17.3. The summed E-state index contributed by atoms with van der Waals surface area (Å²) in [5.41, 5.74) is 4.51. The summed E-state index contributed by atoms with van der Waals surface area (Å²) in [4.78, 5) is 15.4. The van der Waals surface area contributed by atoms with Gasteiger partial charge in [-0.05, 0) is 47.9 Å². The predicted molar refractivity (Wildman–Crippen MR) is 144 cm³/mol. The second-order valence-electron chi connectivity index (χ2n) is 8.85. The highest BCUT2D eigenvalue weighted by molar-refractivity contribution is 7.92. The van der Waals surface area contributed by atoms with Gasteiger partial charge < -0.3 is 4.90 Å². The first-order valence-electron chi connectivity index (χ1n) is 11.8. The zero-order chi connectivity index (χ0) is 25.5. The van der Waals surface area contributed by atoms with Gasteiger partial charge in [0.15, 0.2) is 0 Å². The number of hydrogen-bond acceptors (Lipinski definition) is 3. The smallest absolute Gasteiger partial charge is 0.264 e. The average Bonchev–Trinajstić information content (AvgIpc) is 2.90. The van der Waals surface area contributed by atoms with Crippen molar-refractivity contribution in [2.45, 2.75) is 31.3 Å². The Morgan fingerprint density at radius 1 is 0.667 bits per heavy atom. The highest BCUT2D eigenvalue weighted by Crippen LogP contribution is 2.23. The Morgan fingerprint density at radius 3 is 1.67 bits per heavy atom. The molecule has 184 valence electrons. The molecule has 5 nitrogen and oxygen atoms in total. The maximum atomic E-state index is 13.3. The van der Waals surface area contributed by atoms with Crippen LogP contribution in [0.15, 0.2) is 114 Å². The lowest BCUT2D eigenvalue weighted by molar-refractivity contribution is -0.131. The van der Waals surface area contributed by atoms with Gasteiger partial charge in [0.25, 0.3) is 10.0 Å². The molecule has 0 aromatic heterocycles. The summed E-state index contributed by atoms with van der Waals surface area (Å²) >= 11 is 0. The van der Waals surface area contributed by atoms with Gasteiger partial charge >= 0.3 is 0 Å². The first-order valence-corrected chi connectivity index (χ1v) is 13.3. The molecule has 0 heterocycles. The number of hydrogen-bond donors (Lipinski definition) is 0. The van der Waals surface area contributed by atoms with E-state index in [1.807, 2.05) is 84.6 Å². The van der Waals surface area contributed by atoms with Gasteiger partial charge in [0.2, 0.25) is 5.91 Å². The summed E-state index contributed by atoms with van der Waals surface area (Å²) in [6.45, 7) is 2.95. The molecule has 4 aromatic rings. The number of carbonyl (C=O) groups excluding carboxylic acids is 1. The first kappa shape index (κ1) is 25.2. The number of aryl methyl sites for hydroxylation is 1. The highest BCUT2D eigenvalue weighted by Gasteiger charge is 2.21. The van der Waals surface area contributed by atoms with Gasteiger partial charge in [0.05, 0.1) is 17.0 Å². The number of benzene rings is 4. The molecule has 0 radical (unpaired) electrons. The van der Waals surface area contributed by atoms with Crippen LogP contribution in [0.25, 0.3) is 0 Å². The molecule has 0 spiro atoms. The Labute approximate surface area is 213 Å². The second-order valence-corrected chi connectivity index (χ2v) is 10.8. The fourth-order valence-electron chi connectivity index (χ4n) is 3.96. The summed E-state index contributed by atoms with van der Waals surface area (Å²) in [5, 5.41) is 0. The summed E-state index contributed by atoms with van der Waals surface area (Å²) in [7, 11) is -2.13. The highest BCUT2D eigenvalue weighted by atomic mass is 32.2. The van der Waals surface area contributed by atoms with Gasteiger partial charge in [-0.3, -0.25) is 9.10 Å². The van der Waals surface area contributed by atoms with Crippen molar-refractivity contribution in [2.24, 2.45) is 0 Å². The molecule has 0 aliphatic rings. The summed E-state index contributed by atoms with van der Waals surface area (Å²) in [5.74, 6) is 0.0103. The maximum Gasteiger partial charge on any atom is 0.264 e. The van der Waals surface area contributed by atoms with Crippen LogP contribution in [-0.4, -0.2) is 26.3 Å². The van der Waals surface area contributed by atoms with Gasteiger partial charge in [-0.25, -0.2) is 8.42 Å². The Balaban J connectivity index is 1.48. The van der Waals surface area contributed by atoms with Gasteiger partial charge in [-0.1, -0.05) is 90.5 Å². The van der Waals surface area contributed by atoms with Gasteiger partial charge in [0.1, 0.15) is 0 Å². The van der Waals surface area contributed by atoms with Crippen LogP contribution in [-0.2, 0) is 34.3 Å². The maximum absolute atomic E-state index is 13.3. The number of sulfonamides is 1. The SMILES string of the molecule is Cc1ccc(S(=O)(=O)N(C)c2ccc(CC(=O)N(Cc3ccccc3)Cc3ccccc3)cc2)cc1. The minimum Gasteiger partial charge on any atom is -0.334 e. The van der Waals surface area contributed by atoms with Crippen molar-refractivity contribution in [1.82, 2.24) is 4.90 Å². The van der Waals surface area contributed by atoms with Crippen molar-refractivity contribution < 1.29 is 13.2 Å². The molecule has 0 unspecified atom stereocenters. The van der Waals surface area contributed by atoms with E-state index in [0.29, 0.717) is 18.8 Å². The fraction of sp³-hybridized carbons (Fsp3) is 0.167. The monoisotopic (exact) mass is 498 g/mol. The van der Waals surface area contributed by atoms with E-state index in [1.165, 1.54) is 11.4 Å². The zero-order valence-electron chi connectivity index (χ0n) is 20.5. The minimum absolute atomic E-state index is 0.0103. The molecular formula is C30H30N2O3S. The van der Waals surface area contributed by atoms with Crippen LogP contribution in [0, 0.1) is 6.92 Å². The van der Waals surface area contributed by atoms with Crippen LogP contribution < -0.4 is 4.31 Å². The third-order valence-corrected chi connectivity index (χ3v) is 7.92. The van der Waals surface area contributed by atoms with E-state index in [2.05, 4.69) is 0 Å². The van der Waals surface area contributed by atoms with Crippen LogP contribution in [0.2, 0.25) is 0 Å². The van der Waals surface area contributed by atoms with Crippen molar-refractivity contribution in [3.8, 4) is 0 Å². The van der Waals surface area contributed by atoms with Crippen LogP contribution in [0.3, 0.4) is 0 Å². The van der Waals surface area contributed by atoms with Crippen LogP contribution in [0.5, 0.6) is 0 Å². The standard InChI is InChI=1S/C30H30N2O3S/c1-24-13-19-29(20-14-24)36(34,35)31(2)28-17-15-25(16-18-28)21-30(33)32(22-26-9-5-3-6-10-26)23-27-11-7-4-8-12-27/h3-20H,21-23H2,1-2H3. The molecule has 0 fully saturated rings. The van der Waals surface area contributed by atoms with E-state index in [-0.39, 0.29) is 17.2 Å². The largest absolute Gasteiger partial charge is 0.334 e. The lowest BCUT2D eigenvalue weighted by Crippen LogP contribution is -2.31. The van der Waals surface area contributed by atoms with E-state index < -0.39 is 10.0 Å². The van der Waals surface area contributed by atoms with E-state index in [1.54, 1.807) is 36.4 Å². The third-order valence-electron chi connectivity index (χ3n) is 6.12. The molecule has 0 atom stereocenters. The quantitative estimate of drug-likeness (QED) is 0.302. The molecule has 0 saturated heterocycles. The number of anilines is 1. The molecule has 6 heteroatoms. The van der Waals surface area contributed by atoms with Crippen molar-refractivity contribution in [3.63, 3.8) is 0 Å². The third kappa shape index (κ3) is 6.20. The molecule has 0 N–H and O–H groups in total. The molecule has 0 saturated carbocycles. The number of carbonyl (C=O) groups is 1. The second kappa shape index (κ2) is 11.2. The predicted octanol–water partition coefficient (Wildman–Crippen LogP) is 5.59. The molecule has 0 aliphatic heterocycles. The van der Waals surface area contributed by atoms with E-state index in [0.717, 1.165) is 22.3 Å².